The van der Waals surface area contributed by atoms with E-state index in [1.165, 1.54) is 12.2 Å². The molecule has 0 amide bonds. The molecule has 0 fully saturated rings. The van der Waals surface area contributed by atoms with Crippen LogP contribution in [0.3, 0.4) is 0 Å². The number of rotatable bonds is 2. The van der Waals surface area contributed by atoms with Gasteiger partial charge in [-0.25, -0.2) is 0 Å². The highest BCUT2D eigenvalue weighted by atomic mass is 16.5. The molecule has 2 heteroatoms. The van der Waals surface area contributed by atoms with Gasteiger partial charge in [0, 0.05) is 0 Å². The summed E-state index contributed by atoms with van der Waals surface area (Å²) in [5, 5.41) is 0. The average Bonchev–Trinajstić information content (AvgIpc) is 2.04. The van der Waals surface area contributed by atoms with Crippen LogP contribution in [0.2, 0.25) is 0 Å². The van der Waals surface area contributed by atoms with Gasteiger partial charge in [0.1, 0.15) is 6.61 Å². The van der Waals surface area contributed by atoms with Crippen molar-refractivity contribution in [3.8, 4) is 12.3 Å². The molecule has 2 nitrogen and oxygen atoms in total. The molecule has 0 atom stereocenters. The van der Waals surface area contributed by atoms with Crippen LogP contribution in [0.25, 0.3) is 0 Å². The van der Waals surface area contributed by atoms with Crippen molar-refractivity contribution in [2.75, 3.05) is 6.61 Å². The van der Waals surface area contributed by atoms with E-state index in [4.69, 9.17) is 11.2 Å². The molecule has 0 aromatic carbocycles. The second kappa shape index (κ2) is 3.75. The van der Waals surface area contributed by atoms with Crippen LogP contribution in [-0.2, 0) is 9.53 Å². The van der Waals surface area contributed by atoms with Crippen molar-refractivity contribution in [1.82, 2.24) is 0 Å². The molecule has 1 rings (SSSR count). The number of terminal acetylenes is 1. The molecular formula is C9H8O2. The third-order valence-corrected chi connectivity index (χ3v) is 1.26. The summed E-state index contributed by atoms with van der Waals surface area (Å²) in [4.78, 5) is 10.6. The summed E-state index contributed by atoms with van der Waals surface area (Å²) in [6.45, 7) is 0.271. The SMILES string of the molecule is C#CCOC1C=CC(=O)C=C1. The normalized spacial score (nSPS) is 16.8. The van der Waals surface area contributed by atoms with Crippen LogP contribution in [0, 0.1) is 12.3 Å². The molecule has 0 aliphatic heterocycles. The molecule has 0 saturated carbocycles. The maximum Gasteiger partial charge on any atom is 0.178 e. The molecule has 0 aromatic rings. The molecular weight excluding hydrogens is 140 g/mol. The van der Waals surface area contributed by atoms with Crippen LogP contribution >= 0.6 is 0 Å². The molecule has 0 bridgehead atoms. The number of allylic oxidation sites excluding steroid dienone is 2. The Morgan fingerprint density at radius 3 is 2.73 bits per heavy atom. The van der Waals surface area contributed by atoms with Gasteiger partial charge in [0.05, 0.1) is 6.10 Å². The number of carbonyl (C=O) groups is 1. The van der Waals surface area contributed by atoms with Gasteiger partial charge in [0.25, 0.3) is 0 Å². The van der Waals surface area contributed by atoms with Gasteiger partial charge in [-0.15, -0.1) is 6.42 Å². The van der Waals surface area contributed by atoms with E-state index in [1.54, 1.807) is 12.2 Å². The fourth-order valence-corrected chi connectivity index (χ4v) is 0.755. The zero-order chi connectivity index (χ0) is 8.10. The molecule has 0 radical (unpaired) electrons. The van der Waals surface area contributed by atoms with E-state index in [2.05, 4.69) is 5.92 Å². The highest BCUT2D eigenvalue weighted by molar-refractivity contribution is 6.00. The number of hydrogen-bond donors (Lipinski definition) is 0. The molecule has 0 heterocycles. The van der Waals surface area contributed by atoms with E-state index in [0.717, 1.165) is 0 Å². The number of ketones is 1. The maximum absolute atomic E-state index is 10.6. The van der Waals surface area contributed by atoms with Crippen LogP contribution < -0.4 is 0 Å². The van der Waals surface area contributed by atoms with Crippen molar-refractivity contribution in [3.63, 3.8) is 0 Å². The van der Waals surface area contributed by atoms with Crippen molar-refractivity contribution in [2.24, 2.45) is 0 Å². The molecule has 0 saturated heterocycles. The molecule has 1 aliphatic carbocycles. The summed E-state index contributed by atoms with van der Waals surface area (Å²) in [5.41, 5.74) is 0. The minimum Gasteiger partial charge on any atom is -0.357 e. The first-order chi connectivity index (χ1) is 5.33. The lowest BCUT2D eigenvalue weighted by atomic mass is 10.1. The minimum atomic E-state index is -0.135. The van der Waals surface area contributed by atoms with Gasteiger partial charge >= 0.3 is 0 Å². The number of hydrogen-bond acceptors (Lipinski definition) is 2. The van der Waals surface area contributed by atoms with Crippen molar-refractivity contribution in [2.45, 2.75) is 6.10 Å². The van der Waals surface area contributed by atoms with E-state index in [-0.39, 0.29) is 18.5 Å². The van der Waals surface area contributed by atoms with E-state index in [9.17, 15) is 4.79 Å². The Kier molecular flexibility index (Phi) is 2.65. The first kappa shape index (κ1) is 7.77. The average molecular weight is 148 g/mol. The van der Waals surface area contributed by atoms with Crippen LogP contribution in [0.5, 0.6) is 0 Å². The molecule has 11 heavy (non-hydrogen) atoms. The lowest BCUT2D eigenvalue weighted by molar-refractivity contribution is -0.110. The van der Waals surface area contributed by atoms with E-state index < -0.39 is 0 Å². The fourth-order valence-electron chi connectivity index (χ4n) is 0.755. The van der Waals surface area contributed by atoms with Gasteiger partial charge in [-0.3, -0.25) is 4.79 Å². The first-order valence-electron chi connectivity index (χ1n) is 3.28. The maximum atomic E-state index is 10.6. The lowest BCUT2D eigenvalue weighted by Crippen LogP contribution is -2.10. The van der Waals surface area contributed by atoms with Gasteiger partial charge in [-0.05, 0) is 24.3 Å². The molecule has 0 N–H and O–H groups in total. The third kappa shape index (κ3) is 2.40. The summed E-state index contributed by atoms with van der Waals surface area (Å²) < 4.78 is 5.12. The Labute approximate surface area is 65.5 Å². The Morgan fingerprint density at radius 2 is 2.18 bits per heavy atom. The monoisotopic (exact) mass is 148 g/mol. The predicted molar refractivity (Wildman–Crippen MR) is 41.9 cm³/mol. The van der Waals surface area contributed by atoms with E-state index in [0.29, 0.717) is 0 Å². The second-order valence-corrected chi connectivity index (χ2v) is 2.10. The second-order valence-electron chi connectivity index (χ2n) is 2.10. The van der Waals surface area contributed by atoms with Gasteiger partial charge in [0.2, 0.25) is 0 Å². The zero-order valence-corrected chi connectivity index (χ0v) is 5.99. The van der Waals surface area contributed by atoms with Crippen molar-refractivity contribution >= 4 is 5.78 Å². The topological polar surface area (TPSA) is 26.3 Å². The summed E-state index contributed by atoms with van der Waals surface area (Å²) >= 11 is 0. The lowest BCUT2D eigenvalue weighted by Gasteiger charge is -2.08. The van der Waals surface area contributed by atoms with Gasteiger partial charge < -0.3 is 4.74 Å². The predicted octanol–water partition coefficient (Wildman–Crippen LogP) is 0.700. The Hall–Kier alpha value is -1.33. The van der Waals surface area contributed by atoms with Gasteiger partial charge in [-0.1, -0.05) is 5.92 Å². The van der Waals surface area contributed by atoms with Crippen LogP contribution in [0.4, 0.5) is 0 Å². The van der Waals surface area contributed by atoms with Gasteiger partial charge in [0.15, 0.2) is 5.78 Å². The Balaban J connectivity index is 2.40. The minimum absolute atomic E-state index is 0.00874. The fraction of sp³-hybridized carbons (Fsp3) is 0.222. The summed E-state index contributed by atoms with van der Waals surface area (Å²) in [5.74, 6) is 2.34. The quantitative estimate of drug-likeness (QED) is 0.539. The number of ether oxygens (including phenoxy) is 1. The van der Waals surface area contributed by atoms with Crippen molar-refractivity contribution in [3.05, 3.63) is 24.3 Å². The van der Waals surface area contributed by atoms with E-state index >= 15 is 0 Å². The molecule has 0 spiro atoms. The van der Waals surface area contributed by atoms with Crippen LogP contribution in [-0.4, -0.2) is 18.5 Å². The van der Waals surface area contributed by atoms with Gasteiger partial charge in [-0.2, -0.15) is 0 Å². The smallest absolute Gasteiger partial charge is 0.178 e. The zero-order valence-electron chi connectivity index (χ0n) is 5.99. The molecule has 56 valence electrons. The Morgan fingerprint density at radius 1 is 1.55 bits per heavy atom. The van der Waals surface area contributed by atoms with Crippen LogP contribution in [0.1, 0.15) is 0 Å². The highest BCUT2D eigenvalue weighted by Crippen LogP contribution is 2.02. The largest absolute Gasteiger partial charge is 0.357 e. The summed E-state index contributed by atoms with van der Waals surface area (Å²) in [6, 6.07) is 0. The number of carbonyl (C=O) groups excluding carboxylic acids is 1. The van der Waals surface area contributed by atoms with E-state index in [1.807, 2.05) is 0 Å². The standard InChI is InChI=1S/C9H8O2/c1-2-7-11-9-5-3-8(10)4-6-9/h1,3-6,9H,7H2. The molecule has 0 aromatic heterocycles. The van der Waals surface area contributed by atoms with Crippen molar-refractivity contribution in [1.29, 1.82) is 0 Å². The summed E-state index contributed by atoms with van der Waals surface area (Å²) in [6.07, 6.45) is 11.2. The summed E-state index contributed by atoms with van der Waals surface area (Å²) in [7, 11) is 0. The van der Waals surface area contributed by atoms with Crippen LogP contribution in [0.15, 0.2) is 24.3 Å². The van der Waals surface area contributed by atoms with Crippen molar-refractivity contribution < 1.29 is 9.53 Å². The third-order valence-electron chi connectivity index (χ3n) is 1.26. The first-order valence-corrected chi connectivity index (χ1v) is 3.28. The highest BCUT2D eigenvalue weighted by Gasteiger charge is 2.04. The molecule has 1 aliphatic rings. The Bertz CT molecular complexity index is 227. The molecule has 0 unspecified atom stereocenters.